The molecule has 168 valence electrons. The second-order valence-electron chi connectivity index (χ2n) is 7.57. The molecular formula is C23H27N5O3S. The summed E-state index contributed by atoms with van der Waals surface area (Å²) < 4.78 is 5.11. The molecule has 1 aromatic carbocycles. The van der Waals surface area contributed by atoms with Gasteiger partial charge in [-0.25, -0.2) is 14.8 Å². The molecule has 1 fully saturated rings. The maximum Gasteiger partial charge on any atom is 0.317 e. The molecule has 1 aliphatic heterocycles. The molecule has 3 heterocycles. The van der Waals surface area contributed by atoms with Crippen LogP contribution in [-0.4, -0.2) is 59.7 Å². The molecule has 4 rings (SSSR count). The summed E-state index contributed by atoms with van der Waals surface area (Å²) >= 11 is 1.58. The summed E-state index contributed by atoms with van der Waals surface area (Å²) in [6.07, 6.45) is 2.71. The maximum atomic E-state index is 13.1. The number of hydrogen-bond acceptors (Lipinski definition) is 7. The smallest absolute Gasteiger partial charge is 0.317 e. The molecular weight excluding hydrogens is 426 g/mol. The maximum absolute atomic E-state index is 13.1. The second-order valence-corrected chi connectivity index (χ2v) is 8.53. The van der Waals surface area contributed by atoms with E-state index in [1.54, 1.807) is 24.5 Å². The van der Waals surface area contributed by atoms with Crippen molar-refractivity contribution in [3.63, 3.8) is 0 Å². The highest BCUT2D eigenvalue weighted by Gasteiger charge is 2.25. The van der Waals surface area contributed by atoms with E-state index >= 15 is 0 Å². The van der Waals surface area contributed by atoms with Crippen LogP contribution in [0.3, 0.4) is 0 Å². The molecule has 2 aromatic heterocycles. The summed E-state index contributed by atoms with van der Waals surface area (Å²) in [7, 11) is 0. The first-order valence-electron chi connectivity index (χ1n) is 10.9. The Morgan fingerprint density at radius 1 is 1.12 bits per heavy atom. The number of amides is 2. The molecule has 3 aromatic rings. The molecule has 8 nitrogen and oxygen atoms in total. The van der Waals surface area contributed by atoms with Gasteiger partial charge in [-0.05, 0) is 31.0 Å². The SMILES string of the molecule is CCOC(=O)C[C@H](NC(=O)N1CCCN(c2nc3cccnc3s2)CC1)c1ccccc1. The Morgan fingerprint density at radius 3 is 2.75 bits per heavy atom. The number of esters is 1. The van der Waals surface area contributed by atoms with Crippen molar-refractivity contribution in [1.82, 2.24) is 20.2 Å². The molecule has 32 heavy (non-hydrogen) atoms. The van der Waals surface area contributed by atoms with Crippen LogP contribution in [0.25, 0.3) is 10.3 Å². The Morgan fingerprint density at radius 2 is 1.97 bits per heavy atom. The minimum atomic E-state index is -0.433. The third kappa shape index (κ3) is 5.34. The van der Waals surface area contributed by atoms with Gasteiger partial charge in [0, 0.05) is 32.4 Å². The number of anilines is 1. The minimum absolute atomic E-state index is 0.0995. The van der Waals surface area contributed by atoms with Crippen LogP contribution in [0, 0.1) is 0 Å². The summed E-state index contributed by atoms with van der Waals surface area (Å²) in [5.41, 5.74) is 1.78. The molecule has 0 bridgehead atoms. The number of benzene rings is 1. The average molecular weight is 454 g/mol. The largest absolute Gasteiger partial charge is 0.466 e. The highest BCUT2D eigenvalue weighted by atomic mass is 32.1. The van der Waals surface area contributed by atoms with Crippen LogP contribution in [0.1, 0.15) is 31.4 Å². The average Bonchev–Trinajstić information content (AvgIpc) is 3.08. The van der Waals surface area contributed by atoms with Gasteiger partial charge in [0.15, 0.2) is 5.13 Å². The lowest BCUT2D eigenvalue weighted by molar-refractivity contribution is -0.143. The number of pyridine rings is 1. The van der Waals surface area contributed by atoms with Crippen LogP contribution in [0.4, 0.5) is 9.93 Å². The van der Waals surface area contributed by atoms with Crippen molar-refractivity contribution in [2.45, 2.75) is 25.8 Å². The lowest BCUT2D eigenvalue weighted by atomic mass is 10.0. The molecule has 0 saturated carbocycles. The summed E-state index contributed by atoms with van der Waals surface area (Å²) in [5, 5.41) is 3.98. The Labute approximate surface area is 191 Å². The molecule has 0 unspecified atom stereocenters. The quantitative estimate of drug-likeness (QED) is 0.574. The number of thiazole rings is 1. The number of carbonyl (C=O) groups excluding carboxylic acids is 2. The van der Waals surface area contributed by atoms with Crippen molar-refractivity contribution in [2.24, 2.45) is 0 Å². The number of rotatable bonds is 6. The van der Waals surface area contributed by atoms with Gasteiger partial charge in [0.1, 0.15) is 10.3 Å². The molecule has 2 amide bonds. The zero-order valence-electron chi connectivity index (χ0n) is 18.1. The molecule has 1 aliphatic rings. The number of carbonyl (C=O) groups is 2. The van der Waals surface area contributed by atoms with Gasteiger partial charge < -0.3 is 19.9 Å². The third-order valence-electron chi connectivity index (χ3n) is 5.38. The number of nitrogens with one attached hydrogen (secondary N) is 1. The van der Waals surface area contributed by atoms with Crippen molar-refractivity contribution in [3.05, 3.63) is 54.2 Å². The van der Waals surface area contributed by atoms with E-state index in [1.807, 2.05) is 47.4 Å². The third-order valence-corrected chi connectivity index (χ3v) is 6.42. The fourth-order valence-electron chi connectivity index (χ4n) is 3.77. The van der Waals surface area contributed by atoms with E-state index < -0.39 is 6.04 Å². The number of nitrogens with zero attached hydrogens (tertiary/aromatic N) is 4. The summed E-state index contributed by atoms with van der Waals surface area (Å²) in [6, 6.07) is 12.8. The van der Waals surface area contributed by atoms with Crippen LogP contribution in [0.15, 0.2) is 48.7 Å². The molecule has 9 heteroatoms. The minimum Gasteiger partial charge on any atom is -0.466 e. The fraction of sp³-hybridized carbons (Fsp3) is 0.391. The van der Waals surface area contributed by atoms with Crippen LogP contribution in [-0.2, 0) is 9.53 Å². The van der Waals surface area contributed by atoms with Crippen molar-refractivity contribution in [2.75, 3.05) is 37.7 Å². The standard InChI is InChI=1S/C23H27N5O3S/c1-2-31-20(29)16-19(17-8-4-3-5-9-17)25-22(30)27-12-7-13-28(15-14-27)23-26-18-10-6-11-24-21(18)32-23/h3-6,8-11,19H,2,7,12-16H2,1H3,(H,25,30)/t19-/m0/s1. The Bertz CT molecular complexity index is 1020. The lowest BCUT2D eigenvalue weighted by Crippen LogP contribution is -2.44. The predicted molar refractivity (Wildman–Crippen MR) is 125 cm³/mol. The second kappa shape index (κ2) is 10.4. The predicted octanol–water partition coefficient (Wildman–Crippen LogP) is 3.61. The lowest BCUT2D eigenvalue weighted by Gasteiger charge is -2.25. The zero-order chi connectivity index (χ0) is 22.3. The van der Waals surface area contributed by atoms with Crippen LogP contribution in [0.2, 0.25) is 0 Å². The van der Waals surface area contributed by atoms with E-state index in [-0.39, 0.29) is 18.4 Å². The summed E-state index contributed by atoms with van der Waals surface area (Å²) in [5.74, 6) is -0.326. The van der Waals surface area contributed by atoms with E-state index in [4.69, 9.17) is 9.72 Å². The van der Waals surface area contributed by atoms with Crippen molar-refractivity contribution >= 4 is 38.8 Å². The van der Waals surface area contributed by atoms with Crippen LogP contribution < -0.4 is 10.2 Å². The van der Waals surface area contributed by atoms with E-state index in [2.05, 4.69) is 15.2 Å². The van der Waals surface area contributed by atoms with Crippen LogP contribution >= 0.6 is 11.3 Å². The number of ether oxygens (including phenoxy) is 1. The van der Waals surface area contributed by atoms with Gasteiger partial charge in [-0.2, -0.15) is 0 Å². The first kappa shape index (κ1) is 22.0. The van der Waals surface area contributed by atoms with Gasteiger partial charge in [0.25, 0.3) is 0 Å². The molecule has 1 saturated heterocycles. The van der Waals surface area contributed by atoms with Gasteiger partial charge >= 0.3 is 12.0 Å². The van der Waals surface area contributed by atoms with Gasteiger partial charge in [0.2, 0.25) is 0 Å². The molecule has 1 atom stereocenters. The van der Waals surface area contributed by atoms with Crippen LogP contribution in [0.5, 0.6) is 0 Å². The van der Waals surface area contributed by atoms with Gasteiger partial charge in [-0.15, -0.1) is 0 Å². The van der Waals surface area contributed by atoms with Crippen molar-refractivity contribution < 1.29 is 14.3 Å². The highest BCUT2D eigenvalue weighted by Crippen LogP contribution is 2.27. The fourth-order valence-corrected chi connectivity index (χ4v) is 4.73. The van der Waals surface area contributed by atoms with Crippen molar-refractivity contribution in [3.8, 4) is 0 Å². The first-order chi connectivity index (χ1) is 15.6. The van der Waals surface area contributed by atoms with Crippen molar-refractivity contribution in [1.29, 1.82) is 0 Å². The van der Waals surface area contributed by atoms with Gasteiger partial charge in [-0.1, -0.05) is 41.7 Å². The summed E-state index contributed by atoms with van der Waals surface area (Å²) in [6.45, 7) is 4.84. The Balaban J connectivity index is 1.41. The molecule has 0 spiro atoms. The van der Waals surface area contributed by atoms with Gasteiger partial charge in [-0.3, -0.25) is 4.79 Å². The highest BCUT2D eigenvalue weighted by molar-refractivity contribution is 7.21. The number of aromatic nitrogens is 2. The van der Waals surface area contributed by atoms with E-state index in [9.17, 15) is 9.59 Å². The number of fused-ring (bicyclic) bond motifs is 1. The first-order valence-corrected chi connectivity index (χ1v) is 11.7. The summed E-state index contributed by atoms with van der Waals surface area (Å²) in [4.78, 5) is 39.2. The Kier molecular flexibility index (Phi) is 7.16. The van der Waals surface area contributed by atoms with E-state index in [0.29, 0.717) is 26.2 Å². The number of urea groups is 1. The Hall–Kier alpha value is -3.20. The van der Waals surface area contributed by atoms with E-state index in [0.717, 1.165) is 34.0 Å². The van der Waals surface area contributed by atoms with E-state index in [1.165, 1.54) is 0 Å². The normalized spacial score (nSPS) is 15.3. The monoisotopic (exact) mass is 453 g/mol. The van der Waals surface area contributed by atoms with Gasteiger partial charge in [0.05, 0.1) is 19.1 Å². The molecule has 0 radical (unpaired) electrons. The molecule has 1 N–H and O–H groups in total. The topological polar surface area (TPSA) is 87.7 Å². The zero-order valence-corrected chi connectivity index (χ0v) is 18.9. The number of hydrogen-bond donors (Lipinski definition) is 1. The molecule has 0 aliphatic carbocycles.